The number of carbonyl (C=O) groups excluding carboxylic acids is 2. The Labute approximate surface area is 191 Å². The predicted molar refractivity (Wildman–Crippen MR) is 118 cm³/mol. The van der Waals surface area contributed by atoms with Gasteiger partial charge in [-0.15, -0.1) is 0 Å². The maximum absolute atomic E-state index is 12.9. The molecule has 8 atom stereocenters. The number of carboxylic acid groups (broad SMARTS) is 1. The molecule has 0 bridgehead atoms. The van der Waals surface area contributed by atoms with Crippen LogP contribution in [0.2, 0.25) is 0 Å². The van der Waals surface area contributed by atoms with Crippen LogP contribution < -0.4 is 0 Å². The first-order valence-corrected chi connectivity index (χ1v) is 12.3. The van der Waals surface area contributed by atoms with Crippen LogP contribution >= 0.6 is 0 Å². The molecule has 3 fully saturated rings. The first kappa shape index (κ1) is 25.0. The van der Waals surface area contributed by atoms with Crippen molar-refractivity contribution in [1.82, 2.24) is 0 Å². The van der Waals surface area contributed by atoms with Gasteiger partial charge in [-0.3, -0.25) is 14.4 Å². The van der Waals surface area contributed by atoms with Crippen molar-refractivity contribution in [2.45, 2.75) is 104 Å². The molecule has 2 aliphatic carbocycles. The van der Waals surface area contributed by atoms with Crippen molar-refractivity contribution in [1.29, 1.82) is 0 Å². The predicted octanol–water partition coefficient (Wildman–Crippen LogP) is 3.95. The Balaban J connectivity index is 1.77. The van der Waals surface area contributed by atoms with Crippen LogP contribution in [-0.2, 0) is 23.9 Å². The van der Waals surface area contributed by atoms with Crippen molar-refractivity contribution in [2.24, 2.45) is 35.0 Å². The summed E-state index contributed by atoms with van der Waals surface area (Å²) in [6.45, 7) is 7.92. The van der Waals surface area contributed by atoms with Crippen molar-refractivity contribution >= 4 is 17.9 Å². The molecule has 0 spiro atoms. The normalized spacial score (nSPS) is 37.8. The summed E-state index contributed by atoms with van der Waals surface area (Å²) in [7, 11) is 0. The number of hydrogen-bond donors (Lipinski definition) is 2. The van der Waals surface area contributed by atoms with Gasteiger partial charge in [-0.2, -0.15) is 0 Å². The number of carboxylic acids is 1. The van der Waals surface area contributed by atoms with E-state index in [2.05, 4.69) is 6.92 Å². The van der Waals surface area contributed by atoms with Crippen LogP contribution in [0.15, 0.2) is 0 Å². The Bertz CT molecular complexity index is 702. The van der Waals surface area contributed by atoms with Crippen molar-refractivity contribution < 1.29 is 34.1 Å². The first-order valence-electron chi connectivity index (χ1n) is 12.3. The van der Waals surface area contributed by atoms with Gasteiger partial charge in [0.15, 0.2) is 0 Å². The third-order valence-corrected chi connectivity index (χ3v) is 8.40. The van der Waals surface area contributed by atoms with Gasteiger partial charge in [0.25, 0.3) is 0 Å². The molecule has 0 aromatic rings. The quantitative estimate of drug-likeness (QED) is 0.563. The highest BCUT2D eigenvalue weighted by molar-refractivity contribution is 5.76. The Morgan fingerprint density at radius 2 is 1.88 bits per heavy atom. The topological polar surface area (TPSA) is 110 Å². The van der Waals surface area contributed by atoms with Crippen LogP contribution in [-0.4, -0.2) is 46.4 Å². The maximum Gasteiger partial charge on any atom is 0.311 e. The van der Waals surface area contributed by atoms with Gasteiger partial charge in [0, 0.05) is 12.3 Å². The minimum absolute atomic E-state index is 0.0584. The molecule has 1 aliphatic heterocycles. The van der Waals surface area contributed by atoms with Gasteiger partial charge in [0.1, 0.15) is 12.2 Å². The molecule has 0 amide bonds. The highest BCUT2D eigenvalue weighted by Crippen LogP contribution is 2.51. The van der Waals surface area contributed by atoms with Crippen LogP contribution in [0.25, 0.3) is 0 Å². The zero-order valence-electron chi connectivity index (χ0n) is 19.9. The molecule has 182 valence electrons. The highest BCUT2D eigenvalue weighted by atomic mass is 16.6. The molecule has 2 saturated carbocycles. The van der Waals surface area contributed by atoms with E-state index in [1.54, 1.807) is 0 Å². The molecule has 32 heavy (non-hydrogen) atoms. The Morgan fingerprint density at radius 1 is 1.16 bits per heavy atom. The zero-order valence-corrected chi connectivity index (χ0v) is 19.9. The number of fused-ring (bicyclic) bond motifs is 1. The maximum atomic E-state index is 12.9. The van der Waals surface area contributed by atoms with E-state index < -0.39 is 29.5 Å². The third-order valence-electron chi connectivity index (χ3n) is 8.40. The summed E-state index contributed by atoms with van der Waals surface area (Å²) < 4.78 is 11.5. The van der Waals surface area contributed by atoms with Gasteiger partial charge in [-0.05, 0) is 70.1 Å². The lowest BCUT2D eigenvalue weighted by molar-refractivity contribution is -0.177. The summed E-state index contributed by atoms with van der Waals surface area (Å²) in [5.41, 5.74) is -0.603. The number of aliphatic hydroxyl groups excluding tert-OH is 1. The minimum atomic E-state index is -0.808. The molecule has 2 N–H and O–H groups in total. The Hall–Kier alpha value is -1.63. The number of hydrogen-bond acceptors (Lipinski definition) is 6. The average molecular weight is 453 g/mol. The molecule has 3 aliphatic rings. The monoisotopic (exact) mass is 452 g/mol. The van der Waals surface area contributed by atoms with Crippen molar-refractivity contribution in [3.8, 4) is 0 Å². The van der Waals surface area contributed by atoms with E-state index in [9.17, 15) is 24.6 Å². The molecule has 1 heterocycles. The number of ether oxygens (including phenoxy) is 2. The zero-order chi connectivity index (χ0) is 23.6. The molecular weight excluding hydrogens is 412 g/mol. The molecule has 7 heteroatoms. The highest BCUT2D eigenvalue weighted by Gasteiger charge is 2.49. The fourth-order valence-corrected chi connectivity index (χ4v) is 6.03. The SMILES string of the molecule is CCC(C)(C)C(=O)O[C@H]1C[C@H](C(=O)O)C[C@@H]2CC[C@H](C)[C@H](CC[C@@H]3C[C@@H](O)CC(=O)O3)[C@H]21. The number of cyclic esters (lactones) is 1. The standard InChI is InChI=1S/C25H40O7/c1-5-25(3,4)24(30)32-20-11-16(23(28)29)10-15-7-6-14(2)19(22(15)20)9-8-18-12-17(26)13-21(27)31-18/h14-20,22,26H,5-13H2,1-4H3,(H,28,29)/t14-,15-,16+,17+,18+,19-,20-,22-/m0/s1. The van der Waals surface area contributed by atoms with E-state index in [-0.39, 0.29) is 42.2 Å². The van der Waals surface area contributed by atoms with Crippen molar-refractivity contribution in [3.63, 3.8) is 0 Å². The molecule has 3 rings (SSSR count). The molecule has 0 unspecified atom stereocenters. The summed E-state index contributed by atoms with van der Waals surface area (Å²) in [4.78, 5) is 36.5. The fourth-order valence-electron chi connectivity index (χ4n) is 6.03. The summed E-state index contributed by atoms with van der Waals surface area (Å²) in [5, 5.41) is 19.6. The number of esters is 2. The second kappa shape index (κ2) is 10.1. The van der Waals surface area contributed by atoms with E-state index in [0.717, 1.165) is 19.3 Å². The van der Waals surface area contributed by atoms with E-state index in [0.29, 0.717) is 38.0 Å². The summed E-state index contributed by atoms with van der Waals surface area (Å²) in [5.74, 6) is -0.871. The Morgan fingerprint density at radius 3 is 2.50 bits per heavy atom. The molecule has 0 radical (unpaired) electrons. The van der Waals surface area contributed by atoms with Gasteiger partial charge in [0.2, 0.25) is 0 Å². The van der Waals surface area contributed by atoms with E-state index in [1.807, 2.05) is 20.8 Å². The van der Waals surface area contributed by atoms with Gasteiger partial charge in [-0.25, -0.2) is 0 Å². The molecule has 1 saturated heterocycles. The first-order chi connectivity index (χ1) is 15.0. The lowest BCUT2D eigenvalue weighted by Crippen LogP contribution is -2.49. The number of carbonyl (C=O) groups is 3. The van der Waals surface area contributed by atoms with Crippen LogP contribution in [0.1, 0.15) is 85.5 Å². The number of rotatable bonds is 7. The second-order valence-corrected chi connectivity index (χ2v) is 11.0. The van der Waals surface area contributed by atoms with Crippen LogP contribution in [0.4, 0.5) is 0 Å². The average Bonchev–Trinajstić information content (AvgIpc) is 2.72. The van der Waals surface area contributed by atoms with Crippen LogP contribution in [0.5, 0.6) is 0 Å². The molecule has 0 aromatic carbocycles. The van der Waals surface area contributed by atoms with Gasteiger partial charge in [0.05, 0.1) is 23.9 Å². The summed E-state index contributed by atoms with van der Waals surface area (Å²) >= 11 is 0. The summed E-state index contributed by atoms with van der Waals surface area (Å²) in [6, 6.07) is 0. The number of aliphatic hydroxyl groups is 1. The number of aliphatic carboxylic acids is 1. The van der Waals surface area contributed by atoms with Crippen molar-refractivity contribution in [3.05, 3.63) is 0 Å². The smallest absolute Gasteiger partial charge is 0.311 e. The van der Waals surface area contributed by atoms with Gasteiger partial charge >= 0.3 is 17.9 Å². The van der Waals surface area contributed by atoms with E-state index in [4.69, 9.17) is 9.47 Å². The van der Waals surface area contributed by atoms with Crippen molar-refractivity contribution in [2.75, 3.05) is 0 Å². The molecular formula is C25H40O7. The summed E-state index contributed by atoms with van der Waals surface area (Å²) in [6.07, 6.45) is 4.30. The largest absolute Gasteiger partial charge is 0.481 e. The van der Waals surface area contributed by atoms with Gasteiger partial charge in [-0.1, -0.05) is 20.3 Å². The lowest BCUT2D eigenvalue weighted by Gasteiger charge is -2.50. The van der Waals surface area contributed by atoms with Crippen LogP contribution in [0, 0.1) is 35.0 Å². The van der Waals surface area contributed by atoms with E-state index >= 15 is 0 Å². The third kappa shape index (κ3) is 5.64. The second-order valence-electron chi connectivity index (χ2n) is 11.0. The van der Waals surface area contributed by atoms with Gasteiger partial charge < -0.3 is 19.7 Å². The Kier molecular flexibility index (Phi) is 7.89. The van der Waals surface area contributed by atoms with E-state index in [1.165, 1.54) is 0 Å². The minimum Gasteiger partial charge on any atom is -0.481 e. The molecule has 0 aromatic heterocycles. The lowest BCUT2D eigenvalue weighted by atomic mass is 9.57. The molecule has 7 nitrogen and oxygen atoms in total. The van der Waals surface area contributed by atoms with Crippen LogP contribution in [0.3, 0.4) is 0 Å². The fraction of sp³-hybridized carbons (Fsp3) is 0.880.